The molecule has 1 amide bonds. The Morgan fingerprint density at radius 3 is 2.78 bits per heavy atom. The van der Waals surface area contributed by atoms with E-state index in [4.69, 9.17) is 11.6 Å². The van der Waals surface area contributed by atoms with Gasteiger partial charge in [0.1, 0.15) is 0 Å². The number of hydrogen-bond donors (Lipinski definition) is 1. The summed E-state index contributed by atoms with van der Waals surface area (Å²) in [7, 11) is 0. The minimum atomic E-state index is -1.11. The van der Waals surface area contributed by atoms with Crippen molar-refractivity contribution in [2.75, 3.05) is 11.4 Å². The average Bonchev–Trinajstić information content (AvgIpc) is 2.52. The highest BCUT2D eigenvalue weighted by Crippen LogP contribution is 2.18. The molecular formula is C16H14ClN3O3. The summed E-state index contributed by atoms with van der Waals surface area (Å²) in [5, 5.41) is 9.29. The van der Waals surface area contributed by atoms with Crippen LogP contribution in [0.3, 0.4) is 0 Å². The Balaban J connectivity index is 2.23. The van der Waals surface area contributed by atoms with Gasteiger partial charge < -0.3 is 5.11 Å². The molecule has 0 fully saturated rings. The van der Waals surface area contributed by atoms with Crippen LogP contribution in [0.4, 0.5) is 10.5 Å². The molecule has 1 aromatic heterocycles. The van der Waals surface area contributed by atoms with Crippen LogP contribution in [0.2, 0.25) is 5.28 Å². The van der Waals surface area contributed by atoms with E-state index in [9.17, 15) is 14.7 Å². The summed E-state index contributed by atoms with van der Waals surface area (Å²) in [6.07, 6.45) is 1.90. The van der Waals surface area contributed by atoms with E-state index in [1.807, 2.05) is 0 Å². The molecule has 0 unspecified atom stereocenters. The quantitative estimate of drug-likeness (QED) is 0.499. The van der Waals surface area contributed by atoms with Crippen molar-refractivity contribution in [3.05, 3.63) is 65.7 Å². The van der Waals surface area contributed by atoms with Gasteiger partial charge in [0, 0.05) is 24.0 Å². The highest BCUT2D eigenvalue weighted by molar-refractivity contribution is 6.28. The number of carboxylic acid groups (broad SMARTS) is 1. The molecule has 2 aromatic rings. The van der Waals surface area contributed by atoms with Crippen molar-refractivity contribution in [2.24, 2.45) is 0 Å². The van der Waals surface area contributed by atoms with Crippen molar-refractivity contribution in [1.82, 2.24) is 9.97 Å². The maximum Gasteiger partial charge on any atom is 0.412 e. The first-order chi connectivity index (χ1) is 11.0. The van der Waals surface area contributed by atoms with Crippen molar-refractivity contribution in [2.45, 2.75) is 6.42 Å². The van der Waals surface area contributed by atoms with Crippen LogP contribution in [-0.4, -0.2) is 33.5 Å². The number of anilines is 1. The van der Waals surface area contributed by atoms with Crippen LogP contribution in [0.25, 0.3) is 0 Å². The Labute approximate surface area is 138 Å². The number of halogens is 1. The van der Waals surface area contributed by atoms with E-state index in [0.717, 1.165) is 4.90 Å². The number of amides is 1. The smallest absolute Gasteiger partial charge is 0.412 e. The molecule has 23 heavy (non-hydrogen) atoms. The summed E-state index contributed by atoms with van der Waals surface area (Å²) in [5.41, 5.74) is 1.30. The fourth-order valence-corrected chi connectivity index (χ4v) is 2.17. The standard InChI is InChI=1S/C16H14ClN3O3/c1-2-8-20(16(22)23)13-5-3-4-11(9-13)14(21)10-12-6-7-18-15(17)19-12/h2-7,9H,1,8,10H2,(H,22,23). The average molecular weight is 332 g/mol. The Kier molecular flexibility index (Phi) is 5.43. The van der Waals surface area contributed by atoms with Gasteiger partial charge in [0.2, 0.25) is 5.28 Å². The van der Waals surface area contributed by atoms with Gasteiger partial charge in [-0.1, -0.05) is 18.2 Å². The third kappa shape index (κ3) is 4.37. The van der Waals surface area contributed by atoms with E-state index >= 15 is 0 Å². The predicted molar refractivity (Wildman–Crippen MR) is 87.1 cm³/mol. The highest BCUT2D eigenvalue weighted by atomic mass is 35.5. The van der Waals surface area contributed by atoms with Gasteiger partial charge in [0.05, 0.1) is 12.1 Å². The summed E-state index contributed by atoms with van der Waals surface area (Å²) in [6, 6.07) is 8.02. The normalized spacial score (nSPS) is 10.1. The SMILES string of the molecule is C=CCN(C(=O)O)c1cccc(C(=O)Cc2ccnc(Cl)n2)c1. The first-order valence-electron chi connectivity index (χ1n) is 6.73. The zero-order valence-corrected chi connectivity index (χ0v) is 12.9. The Bertz CT molecular complexity index is 749. The van der Waals surface area contributed by atoms with E-state index in [1.165, 1.54) is 18.3 Å². The van der Waals surface area contributed by atoms with Gasteiger partial charge in [-0.3, -0.25) is 9.69 Å². The van der Waals surface area contributed by atoms with Gasteiger partial charge in [-0.2, -0.15) is 0 Å². The molecule has 0 atom stereocenters. The Morgan fingerprint density at radius 2 is 2.13 bits per heavy atom. The van der Waals surface area contributed by atoms with E-state index in [2.05, 4.69) is 16.5 Å². The predicted octanol–water partition coefficient (Wildman–Crippen LogP) is 3.23. The number of aromatic nitrogens is 2. The molecular weight excluding hydrogens is 318 g/mol. The van der Waals surface area contributed by atoms with E-state index in [0.29, 0.717) is 16.9 Å². The minimum Gasteiger partial charge on any atom is -0.465 e. The maximum absolute atomic E-state index is 12.3. The number of Topliss-reactive ketones (excluding diaryl/α,β-unsaturated/α-hetero) is 1. The first kappa shape index (κ1) is 16.6. The van der Waals surface area contributed by atoms with Crippen LogP contribution >= 0.6 is 11.6 Å². The molecule has 0 radical (unpaired) electrons. The van der Waals surface area contributed by atoms with Crippen LogP contribution < -0.4 is 4.90 Å². The Hall–Kier alpha value is -2.73. The lowest BCUT2D eigenvalue weighted by molar-refractivity contribution is 0.0992. The van der Waals surface area contributed by atoms with Crippen molar-refractivity contribution in [3.8, 4) is 0 Å². The van der Waals surface area contributed by atoms with Crippen LogP contribution in [-0.2, 0) is 6.42 Å². The molecule has 118 valence electrons. The molecule has 0 aliphatic carbocycles. The van der Waals surface area contributed by atoms with E-state index in [-0.39, 0.29) is 24.0 Å². The monoisotopic (exact) mass is 331 g/mol. The molecule has 0 bridgehead atoms. The second-order valence-corrected chi connectivity index (χ2v) is 4.99. The van der Waals surface area contributed by atoms with Crippen molar-refractivity contribution >= 4 is 29.2 Å². The summed E-state index contributed by atoms with van der Waals surface area (Å²) in [5.74, 6) is -0.189. The molecule has 6 nitrogen and oxygen atoms in total. The number of benzene rings is 1. The maximum atomic E-state index is 12.3. The van der Waals surface area contributed by atoms with Gasteiger partial charge in [-0.25, -0.2) is 14.8 Å². The zero-order chi connectivity index (χ0) is 16.8. The number of ketones is 1. The third-order valence-electron chi connectivity index (χ3n) is 3.05. The number of rotatable bonds is 6. The molecule has 0 aliphatic rings. The van der Waals surface area contributed by atoms with Crippen molar-refractivity contribution in [3.63, 3.8) is 0 Å². The van der Waals surface area contributed by atoms with Crippen molar-refractivity contribution < 1.29 is 14.7 Å². The van der Waals surface area contributed by atoms with Gasteiger partial charge in [-0.05, 0) is 29.8 Å². The number of nitrogens with zero attached hydrogens (tertiary/aromatic N) is 3. The molecule has 7 heteroatoms. The topological polar surface area (TPSA) is 83.4 Å². The molecule has 1 aromatic carbocycles. The summed E-state index contributed by atoms with van der Waals surface area (Å²) >= 11 is 5.70. The minimum absolute atomic E-state index is 0.0558. The third-order valence-corrected chi connectivity index (χ3v) is 3.23. The van der Waals surface area contributed by atoms with Gasteiger partial charge >= 0.3 is 6.09 Å². The largest absolute Gasteiger partial charge is 0.465 e. The fourth-order valence-electron chi connectivity index (χ4n) is 2.00. The second kappa shape index (κ2) is 7.51. The van der Waals surface area contributed by atoms with E-state index in [1.54, 1.807) is 24.3 Å². The second-order valence-electron chi connectivity index (χ2n) is 4.65. The van der Waals surface area contributed by atoms with Crippen LogP contribution in [0.1, 0.15) is 16.1 Å². The van der Waals surface area contributed by atoms with Crippen LogP contribution in [0.15, 0.2) is 49.2 Å². The van der Waals surface area contributed by atoms with Gasteiger partial charge in [0.15, 0.2) is 5.78 Å². The number of carbonyl (C=O) groups is 2. The summed E-state index contributed by atoms with van der Waals surface area (Å²) in [4.78, 5) is 32.4. The van der Waals surface area contributed by atoms with Gasteiger partial charge in [-0.15, -0.1) is 6.58 Å². The fraction of sp³-hybridized carbons (Fsp3) is 0.125. The molecule has 0 spiro atoms. The lowest BCUT2D eigenvalue weighted by atomic mass is 10.1. The lowest BCUT2D eigenvalue weighted by Crippen LogP contribution is -2.29. The molecule has 2 rings (SSSR count). The summed E-state index contributed by atoms with van der Waals surface area (Å²) in [6.45, 7) is 3.66. The molecule has 0 saturated heterocycles. The molecule has 0 aliphatic heterocycles. The van der Waals surface area contributed by atoms with Crippen molar-refractivity contribution in [1.29, 1.82) is 0 Å². The van der Waals surface area contributed by atoms with E-state index < -0.39 is 6.09 Å². The molecule has 1 heterocycles. The van der Waals surface area contributed by atoms with Crippen LogP contribution in [0.5, 0.6) is 0 Å². The zero-order valence-electron chi connectivity index (χ0n) is 12.1. The highest BCUT2D eigenvalue weighted by Gasteiger charge is 2.15. The molecule has 1 N–H and O–H groups in total. The lowest BCUT2D eigenvalue weighted by Gasteiger charge is -2.17. The van der Waals surface area contributed by atoms with Gasteiger partial charge in [0.25, 0.3) is 0 Å². The van der Waals surface area contributed by atoms with Crippen LogP contribution in [0, 0.1) is 0 Å². The Morgan fingerprint density at radius 1 is 1.35 bits per heavy atom. The first-order valence-corrected chi connectivity index (χ1v) is 7.11. The molecule has 0 saturated carbocycles. The number of hydrogen-bond acceptors (Lipinski definition) is 4. The summed E-state index contributed by atoms with van der Waals surface area (Å²) < 4.78 is 0. The number of carbonyl (C=O) groups excluding carboxylic acids is 1.